The molecule has 0 aliphatic heterocycles. The Morgan fingerprint density at radius 1 is 1.57 bits per heavy atom. The average molecular weight is 211 g/mol. The molecule has 0 aromatic carbocycles. The Morgan fingerprint density at radius 3 is 2.43 bits per heavy atom. The van der Waals surface area contributed by atoms with Gasteiger partial charge in [0.1, 0.15) is 0 Å². The second-order valence-electron chi connectivity index (χ2n) is 3.52. The zero-order valence-electron chi connectivity index (χ0n) is 8.84. The second-order valence-corrected chi connectivity index (χ2v) is 3.97. The first kappa shape index (κ1) is 11.1. The van der Waals surface area contributed by atoms with E-state index in [2.05, 4.69) is 32.0 Å². The summed E-state index contributed by atoms with van der Waals surface area (Å²) in [5, 5.41) is 0.444. The lowest BCUT2D eigenvalue weighted by atomic mass is 10.1. The highest BCUT2D eigenvalue weighted by Crippen LogP contribution is 2.24. The largest absolute Gasteiger partial charge is 0.303 e. The molecule has 0 atom stereocenters. The van der Waals surface area contributed by atoms with Crippen molar-refractivity contribution in [3.8, 4) is 0 Å². The highest BCUT2D eigenvalue weighted by Gasteiger charge is 2.15. The van der Waals surface area contributed by atoms with Crippen LogP contribution in [0.4, 0.5) is 0 Å². The van der Waals surface area contributed by atoms with E-state index in [4.69, 9.17) is 11.6 Å². The monoisotopic (exact) mass is 210 g/mol. The lowest BCUT2D eigenvalue weighted by Crippen LogP contribution is -1.94. The van der Waals surface area contributed by atoms with Crippen LogP contribution in [0.1, 0.15) is 37.0 Å². The fourth-order valence-corrected chi connectivity index (χ4v) is 1.63. The van der Waals surface area contributed by atoms with E-state index in [1.54, 1.807) is 6.20 Å². The SMILES string of the molecule is C=Cn1c(C(=C)Cl)nc(C(C)C)c1C. The summed E-state index contributed by atoms with van der Waals surface area (Å²) in [6.45, 7) is 13.6. The molecule has 0 aliphatic carbocycles. The molecule has 0 aliphatic rings. The van der Waals surface area contributed by atoms with Gasteiger partial charge in [-0.3, -0.25) is 0 Å². The quantitative estimate of drug-likeness (QED) is 0.745. The summed E-state index contributed by atoms with van der Waals surface area (Å²) in [7, 11) is 0. The average Bonchev–Trinajstić information content (AvgIpc) is 2.42. The predicted molar refractivity (Wildman–Crippen MR) is 62.3 cm³/mol. The summed E-state index contributed by atoms with van der Waals surface area (Å²) < 4.78 is 1.87. The van der Waals surface area contributed by atoms with Crippen LogP contribution >= 0.6 is 11.6 Å². The Balaban J connectivity index is 3.39. The van der Waals surface area contributed by atoms with Crippen LogP contribution in [0.5, 0.6) is 0 Å². The van der Waals surface area contributed by atoms with Gasteiger partial charge in [0.25, 0.3) is 0 Å². The number of imidazole rings is 1. The van der Waals surface area contributed by atoms with E-state index in [9.17, 15) is 0 Å². The summed E-state index contributed by atoms with van der Waals surface area (Å²) >= 11 is 5.85. The lowest BCUT2D eigenvalue weighted by Gasteiger charge is -2.03. The van der Waals surface area contributed by atoms with Crippen molar-refractivity contribution in [2.75, 3.05) is 0 Å². The molecule has 1 heterocycles. The summed E-state index contributed by atoms with van der Waals surface area (Å²) in [5.74, 6) is 1.06. The van der Waals surface area contributed by atoms with Crippen LogP contribution in [-0.2, 0) is 0 Å². The molecule has 1 rings (SSSR count). The summed E-state index contributed by atoms with van der Waals surface area (Å²) in [6.07, 6.45) is 1.71. The van der Waals surface area contributed by atoms with Gasteiger partial charge in [-0.1, -0.05) is 38.6 Å². The zero-order chi connectivity index (χ0) is 10.9. The second kappa shape index (κ2) is 4.01. The summed E-state index contributed by atoms with van der Waals surface area (Å²) in [4.78, 5) is 4.44. The minimum Gasteiger partial charge on any atom is -0.303 e. The van der Waals surface area contributed by atoms with Crippen molar-refractivity contribution in [2.45, 2.75) is 26.7 Å². The minimum atomic E-state index is 0.381. The molecule has 2 nitrogen and oxygen atoms in total. The van der Waals surface area contributed by atoms with Crippen molar-refractivity contribution < 1.29 is 0 Å². The van der Waals surface area contributed by atoms with Crippen molar-refractivity contribution in [2.24, 2.45) is 0 Å². The van der Waals surface area contributed by atoms with Crippen LogP contribution in [0.3, 0.4) is 0 Å². The van der Waals surface area contributed by atoms with E-state index in [0.717, 1.165) is 11.4 Å². The Kier molecular flexibility index (Phi) is 3.17. The standard InChI is InChI=1S/C11H15ClN2/c1-6-14-9(5)10(7(2)3)13-11(14)8(4)12/h6-7H,1,4H2,2-3,5H3. The van der Waals surface area contributed by atoms with E-state index >= 15 is 0 Å². The molecule has 0 unspecified atom stereocenters. The summed E-state index contributed by atoms with van der Waals surface area (Å²) in [5.41, 5.74) is 2.12. The maximum atomic E-state index is 5.85. The van der Waals surface area contributed by atoms with Gasteiger partial charge in [-0.2, -0.15) is 0 Å². The smallest absolute Gasteiger partial charge is 0.155 e. The van der Waals surface area contributed by atoms with Crippen molar-refractivity contribution in [1.29, 1.82) is 0 Å². The van der Waals surface area contributed by atoms with Gasteiger partial charge >= 0.3 is 0 Å². The molecule has 0 radical (unpaired) electrons. The molecule has 0 spiro atoms. The molecular formula is C11H15ClN2. The normalized spacial score (nSPS) is 10.6. The van der Waals surface area contributed by atoms with Crippen molar-refractivity contribution in [3.05, 3.63) is 30.4 Å². The van der Waals surface area contributed by atoms with Gasteiger partial charge in [0.15, 0.2) is 5.82 Å². The number of halogens is 1. The maximum absolute atomic E-state index is 5.85. The fraction of sp³-hybridized carbons (Fsp3) is 0.364. The van der Waals surface area contributed by atoms with Gasteiger partial charge in [0.05, 0.1) is 10.7 Å². The molecular weight excluding hydrogens is 196 g/mol. The van der Waals surface area contributed by atoms with Crippen LogP contribution in [0.25, 0.3) is 11.2 Å². The topological polar surface area (TPSA) is 17.8 Å². The van der Waals surface area contributed by atoms with E-state index in [1.807, 2.05) is 11.5 Å². The number of hydrogen-bond donors (Lipinski definition) is 0. The first-order valence-electron chi connectivity index (χ1n) is 4.55. The van der Waals surface area contributed by atoms with Crippen molar-refractivity contribution in [1.82, 2.24) is 9.55 Å². The Morgan fingerprint density at radius 2 is 2.14 bits per heavy atom. The number of rotatable bonds is 3. The van der Waals surface area contributed by atoms with Crippen molar-refractivity contribution >= 4 is 22.8 Å². The Bertz CT molecular complexity index is 375. The molecule has 76 valence electrons. The van der Waals surface area contributed by atoms with Crippen LogP contribution in [0.15, 0.2) is 13.2 Å². The lowest BCUT2D eigenvalue weighted by molar-refractivity contribution is 0.819. The van der Waals surface area contributed by atoms with Crippen LogP contribution in [0, 0.1) is 6.92 Å². The van der Waals surface area contributed by atoms with Gasteiger partial charge in [-0.15, -0.1) is 0 Å². The highest BCUT2D eigenvalue weighted by molar-refractivity contribution is 6.47. The molecule has 0 bridgehead atoms. The Labute approximate surface area is 89.9 Å². The molecule has 0 fully saturated rings. The molecule has 1 aromatic rings. The molecule has 14 heavy (non-hydrogen) atoms. The first-order valence-corrected chi connectivity index (χ1v) is 4.92. The third-order valence-electron chi connectivity index (χ3n) is 2.16. The van der Waals surface area contributed by atoms with E-state index in [1.165, 1.54) is 0 Å². The van der Waals surface area contributed by atoms with Crippen LogP contribution in [0.2, 0.25) is 0 Å². The van der Waals surface area contributed by atoms with Crippen LogP contribution < -0.4 is 0 Å². The van der Waals surface area contributed by atoms with E-state index in [0.29, 0.717) is 16.8 Å². The molecule has 0 saturated heterocycles. The molecule has 3 heteroatoms. The number of hydrogen-bond acceptors (Lipinski definition) is 1. The molecule has 0 saturated carbocycles. The van der Waals surface area contributed by atoms with Gasteiger partial charge < -0.3 is 4.57 Å². The van der Waals surface area contributed by atoms with Crippen LogP contribution in [-0.4, -0.2) is 9.55 Å². The summed E-state index contributed by atoms with van der Waals surface area (Å²) in [6, 6.07) is 0. The van der Waals surface area contributed by atoms with Gasteiger partial charge in [0, 0.05) is 11.9 Å². The zero-order valence-corrected chi connectivity index (χ0v) is 9.60. The van der Waals surface area contributed by atoms with E-state index in [-0.39, 0.29) is 0 Å². The third kappa shape index (κ3) is 1.75. The van der Waals surface area contributed by atoms with Gasteiger partial charge in [0.2, 0.25) is 0 Å². The first-order chi connectivity index (χ1) is 6.49. The molecule has 1 aromatic heterocycles. The number of nitrogens with zero attached hydrogens (tertiary/aromatic N) is 2. The molecule has 0 amide bonds. The highest BCUT2D eigenvalue weighted by atomic mass is 35.5. The maximum Gasteiger partial charge on any atom is 0.155 e. The van der Waals surface area contributed by atoms with Gasteiger partial charge in [-0.05, 0) is 12.8 Å². The van der Waals surface area contributed by atoms with Crippen molar-refractivity contribution in [3.63, 3.8) is 0 Å². The Hall–Kier alpha value is -1.02. The number of aromatic nitrogens is 2. The van der Waals surface area contributed by atoms with Gasteiger partial charge in [-0.25, -0.2) is 4.98 Å². The van der Waals surface area contributed by atoms with E-state index < -0.39 is 0 Å². The molecule has 0 N–H and O–H groups in total. The fourth-order valence-electron chi connectivity index (χ4n) is 1.49. The predicted octanol–water partition coefficient (Wildman–Crippen LogP) is 3.62. The minimum absolute atomic E-state index is 0.381. The third-order valence-corrected chi connectivity index (χ3v) is 2.33.